The highest BCUT2D eigenvalue weighted by molar-refractivity contribution is 5.46. The second-order valence-electron chi connectivity index (χ2n) is 5.80. The Kier molecular flexibility index (Phi) is 9.55. The fourth-order valence-electron chi connectivity index (χ4n) is 2.31. The van der Waals surface area contributed by atoms with Gasteiger partial charge in [0, 0.05) is 21.3 Å². The number of anilines is 3. The molecule has 0 bridgehead atoms. The lowest BCUT2D eigenvalue weighted by Crippen LogP contribution is -2.43. The van der Waals surface area contributed by atoms with Crippen LogP contribution in [0.4, 0.5) is 17.8 Å². The quantitative estimate of drug-likeness (QED) is 0.382. The maximum Gasteiger partial charge on any atom is 0.236 e. The molecule has 1 aromatic heterocycles. The van der Waals surface area contributed by atoms with Gasteiger partial charge in [-0.1, -0.05) is 0 Å². The van der Waals surface area contributed by atoms with Gasteiger partial charge < -0.3 is 29.5 Å². The van der Waals surface area contributed by atoms with E-state index in [1.54, 1.807) is 4.90 Å². The first kappa shape index (κ1) is 23.2. The molecule has 0 spiro atoms. The molecule has 156 valence electrons. The summed E-state index contributed by atoms with van der Waals surface area (Å²) in [5.41, 5.74) is 0. The number of aromatic nitrogens is 3. The third-order valence-electron chi connectivity index (χ3n) is 3.46. The molecule has 1 rings (SSSR count). The summed E-state index contributed by atoms with van der Waals surface area (Å²) in [5.74, 6) is 0.279. The summed E-state index contributed by atoms with van der Waals surface area (Å²) in [6.07, 6.45) is -3.11. The van der Waals surface area contributed by atoms with Gasteiger partial charge in [-0.25, -0.2) is 0 Å². The minimum absolute atomic E-state index is 0.0124. The predicted molar refractivity (Wildman–Crippen MR) is 97.9 cm³/mol. The molecule has 0 radical (unpaired) electrons. The van der Waals surface area contributed by atoms with E-state index >= 15 is 0 Å². The summed E-state index contributed by atoms with van der Waals surface area (Å²) in [6, 6.07) is 0. The Morgan fingerprint density at radius 2 is 1.15 bits per heavy atom. The molecule has 0 amide bonds. The first-order chi connectivity index (χ1) is 12.8. The Hall–Kier alpha value is -1.83. The Morgan fingerprint density at radius 1 is 0.704 bits per heavy atom. The SMILES string of the molecule is COCN(COC)c1nc(N(COC)C(C)O)nc(N(C(C)O)C(C)O)n1. The Bertz CT molecular complexity index is 548. The molecule has 0 aliphatic rings. The summed E-state index contributed by atoms with van der Waals surface area (Å²) in [4.78, 5) is 17.1. The lowest BCUT2D eigenvalue weighted by molar-refractivity contribution is 0.102. The molecule has 0 saturated heterocycles. The van der Waals surface area contributed by atoms with E-state index in [4.69, 9.17) is 14.2 Å². The van der Waals surface area contributed by atoms with Crippen molar-refractivity contribution in [2.45, 2.75) is 39.5 Å². The zero-order valence-corrected chi connectivity index (χ0v) is 16.6. The zero-order valence-electron chi connectivity index (χ0n) is 16.6. The lowest BCUT2D eigenvalue weighted by atomic mass is 10.4. The van der Waals surface area contributed by atoms with Crippen LogP contribution in [-0.2, 0) is 14.2 Å². The van der Waals surface area contributed by atoms with Crippen LogP contribution in [0.3, 0.4) is 0 Å². The van der Waals surface area contributed by atoms with E-state index in [2.05, 4.69) is 15.0 Å². The maximum absolute atomic E-state index is 10.1. The molecular formula is C15H30N6O6. The van der Waals surface area contributed by atoms with E-state index < -0.39 is 18.7 Å². The summed E-state index contributed by atoms with van der Waals surface area (Å²) in [6.45, 7) is 4.74. The van der Waals surface area contributed by atoms with Gasteiger partial charge in [0.05, 0.1) is 0 Å². The fraction of sp³-hybridized carbons (Fsp3) is 0.800. The second kappa shape index (κ2) is 11.1. The van der Waals surface area contributed by atoms with Gasteiger partial charge in [0.1, 0.15) is 38.9 Å². The number of rotatable bonds is 12. The Balaban J connectivity index is 3.53. The molecule has 0 aromatic carbocycles. The predicted octanol–water partition coefficient (Wildman–Crippen LogP) is -0.883. The number of methoxy groups -OCH3 is 3. The maximum atomic E-state index is 10.1. The van der Waals surface area contributed by atoms with Crippen LogP contribution in [0.15, 0.2) is 0 Å². The second-order valence-corrected chi connectivity index (χ2v) is 5.80. The summed E-state index contributed by atoms with van der Waals surface area (Å²) in [5, 5.41) is 30.1. The van der Waals surface area contributed by atoms with Crippen LogP contribution in [0.5, 0.6) is 0 Å². The van der Waals surface area contributed by atoms with Crippen molar-refractivity contribution in [3.8, 4) is 0 Å². The van der Waals surface area contributed by atoms with Crippen molar-refractivity contribution in [2.24, 2.45) is 0 Å². The van der Waals surface area contributed by atoms with Gasteiger partial charge in [-0.3, -0.25) is 14.7 Å². The van der Waals surface area contributed by atoms with Gasteiger partial charge in [-0.2, -0.15) is 15.0 Å². The van der Waals surface area contributed by atoms with Crippen LogP contribution >= 0.6 is 0 Å². The largest absolute Gasteiger partial charge is 0.374 e. The van der Waals surface area contributed by atoms with Gasteiger partial charge in [-0.15, -0.1) is 0 Å². The highest BCUT2D eigenvalue weighted by Crippen LogP contribution is 2.22. The number of aliphatic hydroxyl groups excluding tert-OH is 3. The van der Waals surface area contributed by atoms with Gasteiger partial charge >= 0.3 is 0 Å². The van der Waals surface area contributed by atoms with Gasteiger partial charge in [-0.05, 0) is 20.8 Å². The number of hydrogen-bond acceptors (Lipinski definition) is 12. The van der Waals surface area contributed by atoms with E-state index in [0.29, 0.717) is 0 Å². The van der Waals surface area contributed by atoms with Crippen LogP contribution in [0.25, 0.3) is 0 Å². The van der Waals surface area contributed by atoms with Crippen molar-refractivity contribution < 1.29 is 29.5 Å². The number of ether oxygens (including phenoxy) is 3. The van der Waals surface area contributed by atoms with E-state index in [-0.39, 0.29) is 38.0 Å². The average molecular weight is 390 g/mol. The number of hydrogen-bond donors (Lipinski definition) is 3. The molecule has 12 nitrogen and oxygen atoms in total. The van der Waals surface area contributed by atoms with E-state index in [0.717, 1.165) is 0 Å². The van der Waals surface area contributed by atoms with E-state index in [9.17, 15) is 15.3 Å². The number of nitrogens with zero attached hydrogens (tertiary/aromatic N) is 6. The molecule has 3 N–H and O–H groups in total. The van der Waals surface area contributed by atoms with Crippen molar-refractivity contribution in [2.75, 3.05) is 56.2 Å². The number of aliphatic hydroxyl groups is 3. The van der Waals surface area contributed by atoms with Crippen molar-refractivity contribution in [3.63, 3.8) is 0 Å². The normalized spacial score (nSPS) is 14.6. The third kappa shape index (κ3) is 6.37. The highest BCUT2D eigenvalue weighted by Gasteiger charge is 2.26. The molecule has 27 heavy (non-hydrogen) atoms. The smallest absolute Gasteiger partial charge is 0.236 e. The van der Waals surface area contributed by atoms with E-state index in [1.165, 1.54) is 51.9 Å². The van der Waals surface area contributed by atoms with Crippen molar-refractivity contribution in [3.05, 3.63) is 0 Å². The molecule has 0 saturated carbocycles. The van der Waals surface area contributed by atoms with Crippen LogP contribution in [0, 0.1) is 0 Å². The molecule has 3 atom stereocenters. The average Bonchev–Trinajstić information content (AvgIpc) is 2.58. The molecule has 12 heteroatoms. The Labute approximate surface area is 158 Å². The van der Waals surface area contributed by atoms with E-state index in [1.807, 2.05) is 0 Å². The first-order valence-electron chi connectivity index (χ1n) is 8.33. The van der Waals surface area contributed by atoms with Crippen LogP contribution in [0.1, 0.15) is 20.8 Å². The minimum atomic E-state index is -1.08. The summed E-state index contributed by atoms with van der Waals surface area (Å²) >= 11 is 0. The zero-order chi connectivity index (χ0) is 20.6. The van der Waals surface area contributed by atoms with Crippen molar-refractivity contribution in [1.29, 1.82) is 0 Å². The van der Waals surface area contributed by atoms with Crippen LogP contribution in [0.2, 0.25) is 0 Å². The van der Waals surface area contributed by atoms with Crippen molar-refractivity contribution in [1.82, 2.24) is 15.0 Å². The topological polar surface area (TPSA) is 137 Å². The molecule has 0 aliphatic heterocycles. The molecular weight excluding hydrogens is 360 g/mol. The standard InChI is InChI=1S/C15H30N6O6/c1-10(22)20(9-27-6)14-16-13(19(7-25-4)8-26-5)17-15(18-14)21(11(2)23)12(3)24/h10-12,22-24H,7-9H2,1-6H3. The molecule has 0 aliphatic carbocycles. The minimum Gasteiger partial charge on any atom is -0.374 e. The first-order valence-corrected chi connectivity index (χ1v) is 8.33. The third-order valence-corrected chi connectivity index (χ3v) is 3.46. The molecule has 1 heterocycles. The van der Waals surface area contributed by atoms with Gasteiger partial charge in [0.25, 0.3) is 0 Å². The summed E-state index contributed by atoms with van der Waals surface area (Å²) < 4.78 is 15.4. The summed E-state index contributed by atoms with van der Waals surface area (Å²) in [7, 11) is 4.49. The monoisotopic (exact) mass is 390 g/mol. The van der Waals surface area contributed by atoms with Gasteiger partial charge in [0.15, 0.2) is 0 Å². The van der Waals surface area contributed by atoms with Crippen molar-refractivity contribution >= 4 is 17.8 Å². The molecule has 0 fully saturated rings. The molecule has 1 aromatic rings. The van der Waals surface area contributed by atoms with Gasteiger partial charge in [0.2, 0.25) is 17.8 Å². The lowest BCUT2D eigenvalue weighted by Gasteiger charge is -2.31. The highest BCUT2D eigenvalue weighted by atomic mass is 16.5. The van der Waals surface area contributed by atoms with Crippen LogP contribution < -0.4 is 14.7 Å². The molecule has 3 unspecified atom stereocenters. The van der Waals surface area contributed by atoms with Crippen LogP contribution in [-0.4, -0.2) is 90.5 Å². The fourth-order valence-corrected chi connectivity index (χ4v) is 2.31. The Morgan fingerprint density at radius 3 is 1.56 bits per heavy atom.